The molecule has 0 unspecified atom stereocenters. The lowest BCUT2D eigenvalue weighted by Crippen LogP contribution is -2.60. The fourth-order valence-electron chi connectivity index (χ4n) is 3.65. The second kappa shape index (κ2) is 14.4. The van der Waals surface area contributed by atoms with Crippen LogP contribution in [0.5, 0.6) is 0 Å². The molecule has 0 aliphatic heterocycles. The maximum absolute atomic E-state index is 6.78. The maximum Gasteiger partial charge on any atom is 0.500 e. The summed E-state index contributed by atoms with van der Waals surface area (Å²) in [5.41, 5.74) is 0. The number of unbranched alkanes of at least 4 members (excludes halogenated alkanes) is 3. The van der Waals surface area contributed by atoms with Gasteiger partial charge in [-0.1, -0.05) is 12.8 Å². The Morgan fingerprint density at radius 1 is 0.406 bits per heavy atom. The van der Waals surface area contributed by atoms with Gasteiger partial charge in [0.2, 0.25) is 0 Å². The van der Waals surface area contributed by atoms with Crippen LogP contribution >= 0.6 is 0 Å². The van der Waals surface area contributed by atoms with Gasteiger partial charge in [-0.05, 0) is 92.5 Å². The van der Waals surface area contributed by atoms with Crippen molar-refractivity contribution >= 4 is 42.6 Å². The van der Waals surface area contributed by atoms with Crippen LogP contribution in [0.4, 0.5) is 0 Å². The molecule has 0 bridgehead atoms. The summed E-state index contributed by atoms with van der Waals surface area (Å²) in [6, 6.07) is 1.80. The fraction of sp³-hybridized carbons (Fsp3) is 1.00. The number of hydrogen-bond donors (Lipinski definition) is 0. The summed E-state index contributed by atoms with van der Waals surface area (Å²) in [6.45, 7) is 28.2. The van der Waals surface area contributed by atoms with Crippen LogP contribution in [0.2, 0.25) is 71.0 Å². The van der Waals surface area contributed by atoms with Gasteiger partial charge in [-0.15, -0.1) is 0 Å². The molecule has 0 aliphatic rings. The van der Waals surface area contributed by atoms with Crippen molar-refractivity contribution in [1.82, 2.24) is 0 Å². The van der Waals surface area contributed by atoms with E-state index in [9.17, 15) is 0 Å². The predicted molar refractivity (Wildman–Crippen MR) is 148 cm³/mol. The molecule has 0 radical (unpaired) electrons. The zero-order chi connectivity index (χ0) is 25.1. The second-order valence-electron chi connectivity index (χ2n) is 11.2. The highest BCUT2D eigenvalue weighted by Gasteiger charge is 2.49. The average molecular weight is 543 g/mol. The van der Waals surface area contributed by atoms with Crippen molar-refractivity contribution in [3.63, 3.8) is 0 Å². The van der Waals surface area contributed by atoms with Crippen molar-refractivity contribution in [1.29, 1.82) is 0 Å². The molecule has 0 saturated carbocycles. The SMILES string of the molecule is CCO[Si](CCCCCC[Si](O[Si](C)(C)C)(O[Si](C)(C)C)O[Si](C)(C)C)(OCC)OCC. The largest absolute Gasteiger partial charge is 0.500 e. The van der Waals surface area contributed by atoms with Gasteiger partial charge in [0.1, 0.15) is 0 Å². The summed E-state index contributed by atoms with van der Waals surface area (Å²) in [6.07, 6.45) is 4.37. The summed E-state index contributed by atoms with van der Waals surface area (Å²) in [7, 11) is -10.7. The maximum atomic E-state index is 6.78. The van der Waals surface area contributed by atoms with Crippen LogP contribution in [0.15, 0.2) is 0 Å². The first-order chi connectivity index (χ1) is 14.5. The molecule has 0 aromatic rings. The van der Waals surface area contributed by atoms with Crippen molar-refractivity contribution in [2.45, 2.75) is 117 Å². The third-order valence-electron chi connectivity index (χ3n) is 4.19. The molecular weight excluding hydrogens is 489 g/mol. The van der Waals surface area contributed by atoms with E-state index in [1.54, 1.807) is 0 Å². The Morgan fingerprint density at radius 2 is 0.688 bits per heavy atom. The molecule has 0 atom stereocenters. The zero-order valence-electron chi connectivity index (χ0n) is 23.3. The highest BCUT2D eigenvalue weighted by Crippen LogP contribution is 2.31. The van der Waals surface area contributed by atoms with Gasteiger partial charge < -0.3 is 25.6 Å². The van der Waals surface area contributed by atoms with Gasteiger partial charge >= 0.3 is 17.6 Å². The third-order valence-corrected chi connectivity index (χ3v) is 19.4. The molecule has 0 rings (SSSR count). The minimum atomic E-state index is -2.72. The molecule has 32 heavy (non-hydrogen) atoms. The van der Waals surface area contributed by atoms with Crippen LogP contribution in [-0.2, 0) is 25.6 Å². The Bertz CT molecular complexity index is 445. The Morgan fingerprint density at radius 3 is 0.938 bits per heavy atom. The molecule has 0 heterocycles. The molecule has 6 nitrogen and oxygen atoms in total. The van der Waals surface area contributed by atoms with Gasteiger partial charge in [0, 0.05) is 31.9 Å². The second-order valence-corrected chi connectivity index (χ2v) is 30.9. The standard InChI is InChI=1S/C21H54O6Si5/c1-13-22-31(23-14-2,24-15-3)20-18-16-17-19-21-32(25-28(4,5)6,26-29(7,8)9)27-30(10,11)12/h13-21H2,1-12H3. The lowest BCUT2D eigenvalue weighted by Gasteiger charge is -2.43. The van der Waals surface area contributed by atoms with Crippen LogP contribution in [0.25, 0.3) is 0 Å². The van der Waals surface area contributed by atoms with E-state index in [0.29, 0.717) is 19.8 Å². The van der Waals surface area contributed by atoms with Crippen molar-refractivity contribution in [2.75, 3.05) is 19.8 Å². The van der Waals surface area contributed by atoms with Crippen LogP contribution in [0, 0.1) is 0 Å². The smallest absolute Gasteiger partial charge is 0.417 e. The molecule has 0 aromatic carbocycles. The van der Waals surface area contributed by atoms with Gasteiger partial charge in [0.15, 0.2) is 25.0 Å². The highest BCUT2D eigenvalue weighted by molar-refractivity contribution is 6.90. The summed E-state index contributed by atoms with van der Waals surface area (Å²) >= 11 is 0. The summed E-state index contributed by atoms with van der Waals surface area (Å²) in [5, 5.41) is 0. The van der Waals surface area contributed by atoms with Gasteiger partial charge in [0.05, 0.1) is 0 Å². The third kappa shape index (κ3) is 15.7. The van der Waals surface area contributed by atoms with Crippen LogP contribution in [0.1, 0.15) is 46.5 Å². The van der Waals surface area contributed by atoms with E-state index >= 15 is 0 Å². The Kier molecular flexibility index (Phi) is 14.8. The molecule has 0 amide bonds. The Balaban J connectivity index is 5.10. The molecule has 0 aromatic heterocycles. The first kappa shape index (κ1) is 32.8. The van der Waals surface area contributed by atoms with E-state index in [4.69, 9.17) is 25.6 Å². The van der Waals surface area contributed by atoms with Gasteiger partial charge in [-0.2, -0.15) is 0 Å². The molecule has 0 aliphatic carbocycles. The molecule has 0 saturated heterocycles. The number of rotatable bonds is 19. The van der Waals surface area contributed by atoms with Gasteiger partial charge in [-0.25, -0.2) is 0 Å². The zero-order valence-corrected chi connectivity index (χ0v) is 28.3. The minimum Gasteiger partial charge on any atom is -0.417 e. The molecule has 194 valence electrons. The Labute approximate surface area is 205 Å². The van der Waals surface area contributed by atoms with E-state index in [0.717, 1.165) is 37.8 Å². The average Bonchev–Trinajstić information content (AvgIpc) is 2.54. The molecule has 0 fully saturated rings. The normalized spacial score (nSPS) is 14.2. The fourth-order valence-corrected chi connectivity index (χ4v) is 21.1. The highest BCUT2D eigenvalue weighted by atomic mass is 28.5. The van der Waals surface area contributed by atoms with Crippen LogP contribution in [-0.4, -0.2) is 62.4 Å². The molecule has 0 N–H and O–H groups in total. The lowest BCUT2D eigenvalue weighted by molar-refractivity contribution is 0.0706. The summed E-state index contributed by atoms with van der Waals surface area (Å²) < 4.78 is 38.3. The van der Waals surface area contributed by atoms with Crippen molar-refractivity contribution in [3.05, 3.63) is 0 Å². The van der Waals surface area contributed by atoms with Crippen LogP contribution in [0.3, 0.4) is 0 Å². The van der Waals surface area contributed by atoms with E-state index in [1.165, 1.54) is 0 Å². The van der Waals surface area contributed by atoms with E-state index in [2.05, 4.69) is 58.9 Å². The quantitative estimate of drug-likeness (QED) is 0.128. The molecule has 0 spiro atoms. The van der Waals surface area contributed by atoms with Crippen LogP contribution < -0.4 is 0 Å². The summed E-state index contributed by atoms with van der Waals surface area (Å²) in [5.74, 6) is 0. The van der Waals surface area contributed by atoms with Crippen molar-refractivity contribution < 1.29 is 25.6 Å². The lowest BCUT2D eigenvalue weighted by atomic mass is 10.2. The van der Waals surface area contributed by atoms with Gasteiger partial charge in [-0.3, -0.25) is 0 Å². The van der Waals surface area contributed by atoms with Gasteiger partial charge in [0.25, 0.3) is 0 Å². The summed E-state index contributed by atoms with van der Waals surface area (Å²) in [4.78, 5) is 0. The van der Waals surface area contributed by atoms with E-state index < -0.39 is 42.6 Å². The monoisotopic (exact) mass is 542 g/mol. The first-order valence-corrected chi connectivity index (χ1v) is 26.6. The molecular formula is C21H54O6Si5. The Hall–Kier alpha value is 0.844. The van der Waals surface area contributed by atoms with E-state index in [-0.39, 0.29) is 0 Å². The van der Waals surface area contributed by atoms with E-state index in [1.807, 2.05) is 20.8 Å². The first-order valence-electron chi connectivity index (χ1n) is 12.5. The van der Waals surface area contributed by atoms with Crippen molar-refractivity contribution in [3.8, 4) is 0 Å². The molecule has 11 heteroatoms. The topological polar surface area (TPSA) is 55.4 Å². The van der Waals surface area contributed by atoms with Crippen molar-refractivity contribution in [2.24, 2.45) is 0 Å². The number of hydrogen-bond acceptors (Lipinski definition) is 6. The predicted octanol–water partition coefficient (Wildman–Crippen LogP) is 7.09. The minimum absolute atomic E-state index is 0.635.